The molecule has 0 aliphatic carbocycles. The second-order valence-electron chi connectivity index (χ2n) is 8.58. The van der Waals surface area contributed by atoms with E-state index in [4.69, 9.17) is 0 Å². The lowest BCUT2D eigenvalue weighted by Crippen LogP contribution is -2.31. The molecule has 0 saturated carbocycles. The first-order chi connectivity index (χ1) is 16.3. The van der Waals surface area contributed by atoms with Gasteiger partial charge in [-0.2, -0.15) is 0 Å². The van der Waals surface area contributed by atoms with Crippen LogP contribution >= 0.6 is 11.3 Å². The van der Waals surface area contributed by atoms with E-state index >= 15 is 0 Å². The normalized spacial score (nSPS) is 18.3. The molecule has 1 fully saturated rings. The Morgan fingerprint density at radius 3 is 2.24 bits per heavy atom. The topological polar surface area (TPSA) is 73.7 Å². The van der Waals surface area contributed by atoms with Crippen LogP contribution in [0.25, 0.3) is 0 Å². The highest BCUT2D eigenvalue weighted by Crippen LogP contribution is 2.43. The average Bonchev–Trinajstić information content (AvgIpc) is 3.54. The van der Waals surface area contributed by atoms with Crippen LogP contribution in [0, 0.1) is 19.7 Å². The summed E-state index contributed by atoms with van der Waals surface area (Å²) >= 11 is 1.22. The van der Waals surface area contributed by atoms with E-state index in [9.17, 15) is 19.1 Å². The molecule has 0 radical (unpaired) electrons. The zero-order valence-corrected chi connectivity index (χ0v) is 19.7. The van der Waals surface area contributed by atoms with Gasteiger partial charge in [-0.25, -0.2) is 9.37 Å². The zero-order valence-electron chi connectivity index (χ0n) is 18.9. The second-order valence-corrected chi connectivity index (χ2v) is 9.78. The van der Waals surface area contributed by atoms with Crippen molar-refractivity contribution in [2.24, 2.45) is 0 Å². The molecule has 1 amide bonds. The molecular weight excluding hydrogens is 453 g/mol. The SMILES string of the molecule is Cc1nc(C)c(C(=O)C2=C(O)C(=O)N(c3ccc(N4CCCC4)cc3)C2c2ccc(F)cc2)s1. The Kier molecular flexibility index (Phi) is 5.69. The fourth-order valence-corrected chi connectivity index (χ4v) is 5.60. The van der Waals surface area contributed by atoms with Gasteiger partial charge in [0.05, 0.1) is 27.2 Å². The first-order valence-corrected chi connectivity index (χ1v) is 12.0. The Hall–Kier alpha value is -3.52. The smallest absolute Gasteiger partial charge is 0.294 e. The van der Waals surface area contributed by atoms with Crippen molar-refractivity contribution in [3.05, 3.63) is 86.8 Å². The van der Waals surface area contributed by atoms with E-state index in [1.54, 1.807) is 13.8 Å². The van der Waals surface area contributed by atoms with Crippen LogP contribution in [-0.4, -0.2) is 34.9 Å². The highest BCUT2D eigenvalue weighted by Gasteiger charge is 2.45. The lowest BCUT2D eigenvalue weighted by molar-refractivity contribution is -0.117. The Morgan fingerprint density at radius 1 is 1.03 bits per heavy atom. The molecule has 3 aromatic rings. The molecule has 1 atom stereocenters. The van der Waals surface area contributed by atoms with Crippen molar-refractivity contribution in [3.8, 4) is 0 Å². The van der Waals surface area contributed by atoms with Crippen LogP contribution in [0.4, 0.5) is 15.8 Å². The van der Waals surface area contributed by atoms with E-state index in [2.05, 4.69) is 9.88 Å². The van der Waals surface area contributed by atoms with Gasteiger partial charge in [-0.1, -0.05) is 12.1 Å². The molecule has 1 unspecified atom stereocenters. The Balaban J connectivity index is 1.59. The van der Waals surface area contributed by atoms with Crippen molar-refractivity contribution in [1.82, 2.24) is 4.98 Å². The summed E-state index contributed by atoms with van der Waals surface area (Å²) in [6.07, 6.45) is 2.30. The molecule has 34 heavy (non-hydrogen) atoms. The number of rotatable bonds is 5. The van der Waals surface area contributed by atoms with Crippen molar-refractivity contribution in [3.63, 3.8) is 0 Å². The number of amides is 1. The van der Waals surface area contributed by atoms with Crippen molar-refractivity contribution in [2.75, 3.05) is 22.9 Å². The maximum atomic E-state index is 13.7. The van der Waals surface area contributed by atoms with E-state index in [1.807, 2.05) is 24.3 Å². The lowest BCUT2D eigenvalue weighted by atomic mass is 9.94. The minimum absolute atomic E-state index is 0.0213. The van der Waals surface area contributed by atoms with Crippen molar-refractivity contribution >= 4 is 34.4 Å². The molecule has 2 aromatic carbocycles. The number of hydrogen-bond acceptors (Lipinski definition) is 6. The fraction of sp³-hybridized carbons (Fsp3) is 0.269. The molecule has 2 aliphatic heterocycles. The Labute approximate surface area is 201 Å². The number of aromatic nitrogens is 1. The second kappa shape index (κ2) is 8.68. The minimum atomic E-state index is -0.889. The van der Waals surface area contributed by atoms with Gasteiger partial charge in [-0.05, 0) is 68.7 Å². The van der Waals surface area contributed by atoms with E-state index in [0.717, 1.165) is 36.6 Å². The zero-order chi connectivity index (χ0) is 24.0. The molecule has 1 N–H and O–H groups in total. The molecular formula is C26H24FN3O3S. The largest absolute Gasteiger partial charge is 0.503 e. The Bertz CT molecular complexity index is 1290. The van der Waals surface area contributed by atoms with E-state index < -0.39 is 29.3 Å². The number of hydrogen-bond donors (Lipinski definition) is 1. The van der Waals surface area contributed by atoms with Gasteiger partial charge in [-0.3, -0.25) is 14.5 Å². The molecule has 6 nitrogen and oxygen atoms in total. The molecule has 0 spiro atoms. The van der Waals surface area contributed by atoms with Crippen LogP contribution in [0.1, 0.15) is 44.8 Å². The quantitative estimate of drug-likeness (QED) is 0.506. The number of anilines is 2. The summed E-state index contributed by atoms with van der Waals surface area (Å²) in [5.41, 5.74) is 2.67. The third-order valence-electron chi connectivity index (χ3n) is 6.35. The summed E-state index contributed by atoms with van der Waals surface area (Å²) in [7, 11) is 0. The lowest BCUT2D eigenvalue weighted by Gasteiger charge is -2.27. The van der Waals surface area contributed by atoms with E-state index in [0.29, 0.717) is 21.8 Å². The van der Waals surface area contributed by atoms with Crippen LogP contribution < -0.4 is 9.80 Å². The van der Waals surface area contributed by atoms with Crippen molar-refractivity contribution < 1.29 is 19.1 Å². The number of thiazole rings is 1. The number of aliphatic hydroxyl groups excluding tert-OH is 1. The first kappa shape index (κ1) is 22.3. The van der Waals surface area contributed by atoms with Crippen LogP contribution in [0.5, 0.6) is 0 Å². The first-order valence-electron chi connectivity index (χ1n) is 11.2. The number of aliphatic hydroxyl groups is 1. The van der Waals surface area contributed by atoms with Crippen molar-refractivity contribution in [1.29, 1.82) is 0 Å². The van der Waals surface area contributed by atoms with Gasteiger partial charge >= 0.3 is 0 Å². The highest BCUT2D eigenvalue weighted by molar-refractivity contribution is 7.14. The van der Waals surface area contributed by atoms with Crippen LogP contribution in [0.2, 0.25) is 0 Å². The number of ketones is 1. The number of benzene rings is 2. The fourth-order valence-electron chi connectivity index (χ4n) is 4.73. The number of aryl methyl sites for hydroxylation is 2. The van der Waals surface area contributed by atoms with Crippen LogP contribution in [0.3, 0.4) is 0 Å². The number of carbonyl (C=O) groups is 2. The summed E-state index contributed by atoms with van der Waals surface area (Å²) in [6, 6.07) is 12.3. The van der Waals surface area contributed by atoms with Gasteiger partial charge in [0, 0.05) is 24.5 Å². The minimum Gasteiger partial charge on any atom is -0.503 e. The summed E-state index contributed by atoms with van der Waals surface area (Å²) in [5.74, 6) is -2.12. The van der Waals surface area contributed by atoms with E-state index in [-0.39, 0.29) is 5.57 Å². The van der Waals surface area contributed by atoms with Gasteiger partial charge in [0.2, 0.25) is 5.78 Å². The van der Waals surface area contributed by atoms with Gasteiger partial charge in [0.15, 0.2) is 5.76 Å². The molecule has 8 heteroatoms. The third-order valence-corrected chi connectivity index (χ3v) is 7.42. The maximum absolute atomic E-state index is 13.7. The number of carbonyl (C=O) groups excluding carboxylic acids is 2. The Morgan fingerprint density at radius 2 is 1.65 bits per heavy atom. The summed E-state index contributed by atoms with van der Waals surface area (Å²) in [4.78, 5) is 35.3. The highest BCUT2D eigenvalue weighted by atomic mass is 32.1. The standard InChI is InChI=1S/C26H24FN3O3S/c1-15-25(34-16(2)28-15)23(31)21-22(17-5-7-18(27)8-6-17)30(26(33)24(21)32)20-11-9-19(10-12-20)29-13-3-4-14-29/h5-12,22,32H,3-4,13-14H2,1-2H3. The van der Waals surface area contributed by atoms with Gasteiger partial charge < -0.3 is 10.0 Å². The van der Waals surface area contributed by atoms with Crippen LogP contribution in [-0.2, 0) is 4.79 Å². The summed E-state index contributed by atoms with van der Waals surface area (Å²) in [5, 5.41) is 11.6. The average molecular weight is 478 g/mol. The molecule has 1 aromatic heterocycles. The monoisotopic (exact) mass is 477 g/mol. The third kappa shape index (κ3) is 3.77. The predicted molar refractivity (Wildman–Crippen MR) is 130 cm³/mol. The van der Waals surface area contributed by atoms with E-state index in [1.165, 1.54) is 40.5 Å². The number of Topliss-reactive ketones (excluding diaryl/α,β-unsaturated/α-hetero) is 1. The van der Waals surface area contributed by atoms with Gasteiger partial charge in [0.25, 0.3) is 5.91 Å². The molecule has 174 valence electrons. The molecule has 1 saturated heterocycles. The summed E-state index contributed by atoms with van der Waals surface area (Å²) in [6.45, 7) is 5.52. The molecule has 2 aliphatic rings. The van der Waals surface area contributed by atoms with Gasteiger partial charge in [0.1, 0.15) is 5.82 Å². The maximum Gasteiger partial charge on any atom is 0.294 e. The van der Waals surface area contributed by atoms with Gasteiger partial charge in [-0.15, -0.1) is 11.3 Å². The van der Waals surface area contributed by atoms with Crippen molar-refractivity contribution in [2.45, 2.75) is 32.7 Å². The predicted octanol–water partition coefficient (Wildman–Crippen LogP) is 5.28. The number of halogens is 1. The number of nitrogens with zero attached hydrogens (tertiary/aromatic N) is 3. The molecule has 0 bridgehead atoms. The summed E-state index contributed by atoms with van der Waals surface area (Å²) < 4.78 is 13.7. The molecule has 5 rings (SSSR count). The molecule has 3 heterocycles. The van der Waals surface area contributed by atoms with Crippen LogP contribution in [0.15, 0.2) is 59.9 Å².